The van der Waals surface area contributed by atoms with Crippen LogP contribution in [0.4, 0.5) is 0 Å². The van der Waals surface area contributed by atoms with Crippen molar-refractivity contribution in [3.8, 4) is 6.07 Å². The Hall–Kier alpha value is -1.37. The van der Waals surface area contributed by atoms with E-state index in [9.17, 15) is 0 Å². The molecule has 13 heavy (non-hydrogen) atoms. The van der Waals surface area contributed by atoms with Gasteiger partial charge in [0.15, 0.2) is 0 Å². The quantitative estimate of drug-likeness (QED) is 0.702. The van der Waals surface area contributed by atoms with E-state index in [4.69, 9.17) is 16.1 Å². The predicted molar refractivity (Wildman–Crippen MR) is 49.9 cm³/mol. The lowest BCUT2D eigenvalue weighted by molar-refractivity contribution is 0.268. The summed E-state index contributed by atoms with van der Waals surface area (Å²) in [4.78, 5) is 0. The second-order valence-electron chi connectivity index (χ2n) is 2.99. The third kappa shape index (κ3) is 2.05. The van der Waals surface area contributed by atoms with Gasteiger partial charge in [-0.1, -0.05) is 17.7 Å². The minimum atomic E-state index is -0.463. The molecule has 0 spiro atoms. The Bertz CT molecular complexity index is 341. The number of nitrogens with two attached hydrogens (primary N) is 1. The molecule has 0 fully saturated rings. The fourth-order valence-corrected chi connectivity index (χ4v) is 1.19. The average molecular weight is 176 g/mol. The number of benzene rings is 1. The summed E-state index contributed by atoms with van der Waals surface area (Å²) in [7, 11) is 0. The fourth-order valence-electron chi connectivity index (χ4n) is 1.19. The molecule has 0 bridgehead atoms. The van der Waals surface area contributed by atoms with Crippen molar-refractivity contribution in [1.29, 1.82) is 5.26 Å². The van der Waals surface area contributed by atoms with Gasteiger partial charge in [0.05, 0.1) is 24.3 Å². The van der Waals surface area contributed by atoms with Crippen molar-refractivity contribution < 1.29 is 5.11 Å². The number of nitrogens with zero attached hydrogens (tertiary/aromatic N) is 1. The lowest BCUT2D eigenvalue weighted by atomic mass is 10.00. The van der Waals surface area contributed by atoms with Gasteiger partial charge in [0.1, 0.15) is 0 Å². The van der Waals surface area contributed by atoms with Gasteiger partial charge in [0, 0.05) is 0 Å². The van der Waals surface area contributed by atoms with Crippen LogP contribution in [0.2, 0.25) is 0 Å². The second-order valence-corrected chi connectivity index (χ2v) is 2.99. The van der Waals surface area contributed by atoms with Gasteiger partial charge < -0.3 is 10.8 Å². The molecule has 0 amide bonds. The molecule has 0 aliphatic heterocycles. The van der Waals surface area contributed by atoms with E-state index in [-0.39, 0.29) is 6.61 Å². The Labute approximate surface area is 77.4 Å². The van der Waals surface area contributed by atoms with E-state index in [1.807, 2.05) is 25.1 Å². The third-order valence-corrected chi connectivity index (χ3v) is 1.92. The number of aliphatic hydroxyl groups excluding tert-OH is 1. The fraction of sp³-hybridized carbons (Fsp3) is 0.300. The van der Waals surface area contributed by atoms with Gasteiger partial charge >= 0.3 is 0 Å². The predicted octanol–water partition coefficient (Wildman–Crippen LogP) is 0.859. The summed E-state index contributed by atoms with van der Waals surface area (Å²) in [5.41, 5.74) is 7.93. The molecule has 3 N–H and O–H groups in total. The van der Waals surface area contributed by atoms with Crippen LogP contribution in [0.25, 0.3) is 0 Å². The minimum Gasteiger partial charge on any atom is -0.394 e. The zero-order valence-electron chi connectivity index (χ0n) is 7.49. The van der Waals surface area contributed by atoms with Crippen molar-refractivity contribution in [2.24, 2.45) is 5.73 Å². The minimum absolute atomic E-state index is 0.141. The van der Waals surface area contributed by atoms with E-state index in [1.54, 1.807) is 6.07 Å². The van der Waals surface area contributed by atoms with Gasteiger partial charge in [-0.05, 0) is 18.6 Å². The van der Waals surface area contributed by atoms with Crippen molar-refractivity contribution in [2.75, 3.05) is 6.61 Å². The molecule has 0 radical (unpaired) electrons. The SMILES string of the molecule is Cc1ccc(C#N)c([C@@H](N)CO)c1. The van der Waals surface area contributed by atoms with Crippen molar-refractivity contribution in [2.45, 2.75) is 13.0 Å². The molecular formula is C10H12N2O. The Morgan fingerprint density at radius 1 is 1.62 bits per heavy atom. The zero-order chi connectivity index (χ0) is 9.84. The highest BCUT2D eigenvalue weighted by Crippen LogP contribution is 2.16. The van der Waals surface area contributed by atoms with E-state index in [0.29, 0.717) is 11.1 Å². The topological polar surface area (TPSA) is 70.0 Å². The summed E-state index contributed by atoms with van der Waals surface area (Å²) >= 11 is 0. The van der Waals surface area contributed by atoms with Crippen LogP contribution in [-0.4, -0.2) is 11.7 Å². The molecule has 0 aromatic heterocycles. The lowest BCUT2D eigenvalue weighted by Gasteiger charge is -2.10. The molecular weight excluding hydrogens is 164 g/mol. The lowest BCUT2D eigenvalue weighted by Crippen LogP contribution is -2.16. The highest BCUT2D eigenvalue weighted by Gasteiger charge is 2.09. The molecule has 1 rings (SSSR count). The van der Waals surface area contributed by atoms with Crippen LogP contribution in [0.15, 0.2) is 18.2 Å². The van der Waals surface area contributed by atoms with Crippen molar-refractivity contribution >= 4 is 0 Å². The monoisotopic (exact) mass is 176 g/mol. The summed E-state index contributed by atoms with van der Waals surface area (Å²) in [6.45, 7) is 1.78. The molecule has 68 valence electrons. The van der Waals surface area contributed by atoms with Gasteiger partial charge in [-0.3, -0.25) is 0 Å². The van der Waals surface area contributed by atoms with Crippen LogP contribution in [0.3, 0.4) is 0 Å². The van der Waals surface area contributed by atoms with E-state index >= 15 is 0 Å². The van der Waals surface area contributed by atoms with Crippen LogP contribution in [0.5, 0.6) is 0 Å². The van der Waals surface area contributed by atoms with Crippen LogP contribution in [0, 0.1) is 18.3 Å². The normalized spacial score (nSPS) is 12.2. The molecule has 0 aliphatic carbocycles. The van der Waals surface area contributed by atoms with Crippen LogP contribution < -0.4 is 5.73 Å². The first kappa shape index (κ1) is 9.72. The second kappa shape index (κ2) is 4.04. The van der Waals surface area contributed by atoms with E-state index < -0.39 is 6.04 Å². The van der Waals surface area contributed by atoms with Crippen LogP contribution >= 0.6 is 0 Å². The highest BCUT2D eigenvalue weighted by molar-refractivity contribution is 5.41. The van der Waals surface area contributed by atoms with Crippen molar-refractivity contribution in [3.63, 3.8) is 0 Å². The van der Waals surface area contributed by atoms with Crippen LogP contribution in [-0.2, 0) is 0 Å². The van der Waals surface area contributed by atoms with Gasteiger partial charge in [-0.15, -0.1) is 0 Å². The first-order valence-corrected chi connectivity index (χ1v) is 4.06. The standard InChI is InChI=1S/C10H12N2O/c1-7-2-3-8(5-11)9(4-7)10(12)6-13/h2-4,10,13H,6,12H2,1H3/t10-/m0/s1. The maximum Gasteiger partial charge on any atom is 0.0995 e. The Morgan fingerprint density at radius 3 is 2.85 bits per heavy atom. The number of hydrogen-bond acceptors (Lipinski definition) is 3. The van der Waals surface area contributed by atoms with Gasteiger partial charge in [0.2, 0.25) is 0 Å². The van der Waals surface area contributed by atoms with Gasteiger partial charge in [0.25, 0.3) is 0 Å². The first-order valence-electron chi connectivity index (χ1n) is 4.06. The molecule has 0 heterocycles. The van der Waals surface area contributed by atoms with Crippen molar-refractivity contribution in [3.05, 3.63) is 34.9 Å². The summed E-state index contributed by atoms with van der Waals surface area (Å²) in [6, 6.07) is 6.99. The number of aliphatic hydroxyl groups is 1. The number of aryl methyl sites for hydroxylation is 1. The number of nitriles is 1. The molecule has 1 aromatic carbocycles. The maximum absolute atomic E-state index is 8.86. The molecule has 1 atom stereocenters. The Kier molecular flexibility index (Phi) is 3.02. The summed E-state index contributed by atoms with van der Waals surface area (Å²) in [6.07, 6.45) is 0. The Morgan fingerprint density at radius 2 is 2.31 bits per heavy atom. The molecule has 0 unspecified atom stereocenters. The Balaban J connectivity index is 3.17. The zero-order valence-corrected chi connectivity index (χ0v) is 7.49. The molecule has 0 saturated heterocycles. The van der Waals surface area contributed by atoms with Crippen LogP contribution in [0.1, 0.15) is 22.7 Å². The molecule has 3 nitrogen and oxygen atoms in total. The summed E-state index contributed by atoms with van der Waals surface area (Å²) in [5.74, 6) is 0. The average Bonchev–Trinajstić information content (AvgIpc) is 2.16. The van der Waals surface area contributed by atoms with Gasteiger partial charge in [-0.25, -0.2) is 0 Å². The smallest absolute Gasteiger partial charge is 0.0995 e. The molecule has 0 saturated carbocycles. The molecule has 0 aliphatic rings. The largest absolute Gasteiger partial charge is 0.394 e. The molecule has 3 heteroatoms. The van der Waals surface area contributed by atoms with Crippen molar-refractivity contribution in [1.82, 2.24) is 0 Å². The number of hydrogen-bond donors (Lipinski definition) is 2. The van der Waals surface area contributed by atoms with E-state index in [1.165, 1.54) is 0 Å². The summed E-state index contributed by atoms with van der Waals surface area (Å²) in [5, 5.41) is 17.6. The maximum atomic E-state index is 8.86. The number of rotatable bonds is 2. The van der Waals surface area contributed by atoms with Gasteiger partial charge in [-0.2, -0.15) is 5.26 Å². The molecule has 1 aromatic rings. The highest BCUT2D eigenvalue weighted by atomic mass is 16.3. The van der Waals surface area contributed by atoms with E-state index in [0.717, 1.165) is 5.56 Å². The third-order valence-electron chi connectivity index (χ3n) is 1.92. The summed E-state index contributed by atoms with van der Waals surface area (Å²) < 4.78 is 0. The first-order chi connectivity index (χ1) is 6.19. The van der Waals surface area contributed by atoms with E-state index in [2.05, 4.69) is 0 Å².